The van der Waals surface area contributed by atoms with Crippen LogP contribution in [0.25, 0.3) is 0 Å². The highest BCUT2D eigenvalue weighted by Gasteiger charge is 2.40. The molecular formula is C11H17N. The molecule has 0 bridgehead atoms. The molecular weight excluding hydrogens is 146 g/mol. The lowest BCUT2D eigenvalue weighted by Gasteiger charge is -2.24. The summed E-state index contributed by atoms with van der Waals surface area (Å²) in [4.78, 5) is 2.62. The molecule has 1 saturated carbocycles. The highest BCUT2D eigenvalue weighted by molar-refractivity contribution is 5.13. The van der Waals surface area contributed by atoms with E-state index in [2.05, 4.69) is 11.0 Å². The molecule has 1 unspecified atom stereocenters. The Labute approximate surface area is 74.4 Å². The van der Waals surface area contributed by atoms with E-state index in [1.807, 2.05) is 0 Å². The smallest absolute Gasteiger partial charge is 0.0175 e. The van der Waals surface area contributed by atoms with E-state index in [9.17, 15) is 0 Å². The van der Waals surface area contributed by atoms with E-state index in [4.69, 9.17) is 0 Å². The van der Waals surface area contributed by atoms with E-state index < -0.39 is 0 Å². The van der Waals surface area contributed by atoms with Crippen LogP contribution in [0, 0.1) is 11.8 Å². The molecule has 1 heteroatoms. The number of fused-ring (bicyclic) bond motifs is 1. The summed E-state index contributed by atoms with van der Waals surface area (Å²) in [7, 11) is 0. The Balaban J connectivity index is 1.70. The van der Waals surface area contributed by atoms with Crippen LogP contribution in [0.2, 0.25) is 0 Å². The van der Waals surface area contributed by atoms with Gasteiger partial charge in [0.15, 0.2) is 0 Å². The summed E-state index contributed by atoms with van der Waals surface area (Å²) < 4.78 is 0. The number of rotatable bonds is 1. The van der Waals surface area contributed by atoms with Gasteiger partial charge >= 0.3 is 0 Å². The van der Waals surface area contributed by atoms with Crippen LogP contribution in [-0.2, 0) is 0 Å². The summed E-state index contributed by atoms with van der Waals surface area (Å²) >= 11 is 0. The number of allylic oxidation sites excluding steroid dienone is 2. The average Bonchev–Trinajstić information content (AvgIpc) is 2.66. The fourth-order valence-corrected chi connectivity index (χ4v) is 2.75. The molecule has 66 valence electrons. The van der Waals surface area contributed by atoms with Crippen molar-refractivity contribution >= 4 is 0 Å². The van der Waals surface area contributed by atoms with Crippen molar-refractivity contribution in [1.29, 1.82) is 0 Å². The molecule has 0 aromatic rings. The van der Waals surface area contributed by atoms with Gasteiger partial charge in [-0.25, -0.2) is 0 Å². The fourth-order valence-electron chi connectivity index (χ4n) is 2.75. The summed E-state index contributed by atoms with van der Waals surface area (Å²) in [5, 5.41) is 0. The van der Waals surface area contributed by atoms with Crippen molar-refractivity contribution in [2.45, 2.75) is 32.1 Å². The Morgan fingerprint density at radius 3 is 2.75 bits per heavy atom. The molecule has 0 amide bonds. The average molecular weight is 163 g/mol. The van der Waals surface area contributed by atoms with E-state index in [1.165, 1.54) is 45.2 Å². The molecule has 2 fully saturated rings. The SMILES string of the molecule is C1=C(N2CCCC2)C[C@H]2CC2C1. The summed E-state index contributed by atoms with van der Waals surface area (Å²) in [6.07, 6.45) is 9.67. The molecule has 0 aromatic heterocycles. The van der Waals surface area contributed by atoms with Crippen LogP contribution in [0.3, 0.4) is 0 Å². The van der Waals surface area contributed by atoms with E-state index in [-0.39, 0.29) is 0 Å². The number of hydrogen-bond acceptors (Lipinski definition) is 1. The monoisotopic (exact) mass is 163 g/mol. The summed E-state index contributed by atoms with van der Waals surface area (Å²) in [6, 6.07) is 0. The molecule has 1 aliphatic heterocycles. The highest BCUT2D eigenvalue weighted by atomic mass is 15.1. The zero-order valence-electron chi connectivity index (χ0n) is 7.63. The Hall–Kier alpha value is -0.460. The lowest BCUT2D eigenvalue weighted by Crippen LogP contribution is -2.20. The predicted molar refractivity (Wildman–Crippen MR) is 49.7 cm³/mol. The van der Waals surface area contributed by atoms with Gasteiger partial charge in [-0.15, -0.1) is 0 Å². The van der Waals surface area contributed by atoms with Crippen LogP contribution in [0.1, 0.15) is 32.1 Å². The molecule has 0 radical (unpaired) electrons. The molecule has 12 heavy (non-hydrogen) atoms. The Bertz CT molecular complexity index is 213. The van der Waals surface area contributed by atoms with Crippen LogP contribution in [-0.4, -0.2) is 18.0 Å². The second-order valence-corrected chi connectivity index (χ2v) is 4.59. The minimum atomic E-state index is 1.09. The highest BCUT2D eigenvalue weighted by Crippen LogP contribution is 2.49. The van der Waals surface area contributed by atoms with Gasteiger partial charge in [0, 0.05) is 18.8 Å². The molecule has 0 aromatic carbocycles. The van der Waals surface area contributed by atoms with E-state index >= 15 is 0 Å². The maximum atomic E-state index is 2.62. The van der Waals surface area contributed by atoms with Crippen LogP contribution in [0.4, 0.5) is 0 Å². The van der Waals surface area contributed by atoms with Crippen molar-refractivity contribution in [3.05, 3.63) is 11.8 Å². The van der Waals surface area contributed by atoms with E-state index in [0.29, 0.717) is 0 Å². The largest absolute Gasteiger partial charge is 0.375 e. The van der Waals surface area contributed by atoms with Gasteiger partial charge in [-0.2, -0.15) is 0 Å². The first kappa shape index (κ1) is 6.99. The van der Waals surface area contributed by atoms with E-state index in [1.54, 1.807) is 5.70 Å². The quantitative estimate of drug-likeness (QED) is 0.573. The maximum Gasteiger partial charge on any atom is 0.0175 e. The first-order valence-corrected chi connectivity index (χ1v) is 5.37. The van der Waals surface area contributed by atoms with Gasteiger partial charge < -0.3 is 4.90 Å². The van der Waals surface area contributed by atoms with Gasteiger partial charge in [-0.1, -0.05) is 6.08 Å². The predicted octanol–water partition coefficient (Wildman–Crippen LogP) is 2.40. The Morgan fingerprint density at radius 2 is 2.00 bits per heavy atom. The van der Waals surface area contributed by atoms with Gasteiger partial charge in [-0.3, -0.25) is 0 Å². The normalized spacial score (nSPS) is 39.3. The molecule has 0 N–H and O–H groups in total. The molecule has 2 aliphatic carbocycles. The third-order valence-corrected chi connectivity index (χ3v) is 3.71. The molecule has 2 atom stereocenters. The molecule has 1 heterocycles. The summed E-state index contributed by atoms with van der Waals surface area (Å²) in [5.74, 6) is 2.18. The second-order valence-electron chi connectivity index (χ2n) is 4.59. The van der Waals surface area contributed by atoms with Gasteiger partial charge in [0.25, 0.3) is 0 Å². The Kier molecular flexibility index (Phi) is 1.46. The lowest BCUT2D eigenvalue weighted by molar-refractivity contribution is 0.387. The molecule has 3 rings (SSSR count). The molecule has 1 nitrogen and oxygen atoms in total. The van der Waals surface area contributed by atoms with Crippen molar-refractivity contribution in [2.24, 2.45) is 11.8 Å². The minimum absolute atomic E-state index is 1.09. The lowest BCUT2D eigenvalue weighted by atomic mass is 10.0. The number of likely N-dealkylation sites (tertiary alicyclic amines) is 1. The standard InChI is InChI=1S/C11H17N/c1-2-6-12(5-1)11-4-3-9-7-10(9)8-11/h4,9-10H,1-3,5-8H2/t9?,10-/m1/s1. The maximum absolute atomic E-state index is 2.62. The van der Waals surface area contributed by atoms with Crippen molar-refractivity contribution in [2.75, 3.05) is 13.1 Å². The Morgan fingerprint density at radius 1 is 1.17 bits per heavy atom. The van der Waals surface area contributed by atoms with Gasteiger partial charge in [-0.05, 0) is 43.9 Å². The second kappa shape index (κ2) is 2.51. The molecule has 0 spiro atoms. The first-order valence-electron chi connectivity index (χ1n) is 5.37. The minimum Gasteiger partial charge on any atom is -0.375 e. The molecule has 3 aliphatic rings. The van der Waals surface area contributed by atoms with Crippen LogP contribution >= 0.6 is 0 Å². The molecule has 1 saturated heterocycles. The van der Waals surface area contributed by atoms with Gasteiger partial charge in [0.2, 0.25) is 0 Å². The topological polar surface area (TPSA) is 3.24 Å². The van der Waals surface area contributed by atoms with Gasteiger partial charge in [0.05, 0.1) is 0 Å². The van der Waals surface area contributed by atoms with Crippen molar-refractivity contribution in [1.82, 2.24) is 4.90 Å². The zero-order valence-corrected chi connectivity index (χ0v) is 7.63. The van der Waals surface area contributed by atoms with Gasteiger partial charge in [0.1, 0.15) is 0 Å². The van der Waals surface area contributed by atoms with Crippen molar-refractivity contribution in [3.63, 3.8) is 0 Å². The van der Waals surface area contributed by atoms with Crippen molar-refractivity contribution in [3.8, 4) is 0 Å². The third-order valence-electron chi connectivity index (χ3n) is 3.71. The number of nitrogens with zero attached hydrogens (tertiary/aromatic N) is 1. The van der Waals surface area contributed by atoms with E-state index in [0.717, 1.165) is 11.8 Å². The third kappa shape index (κ3) is 1.07. The summed E-state index contributed by atoms with van der Waals surface area (Å²) in [6.45, 7) is 2.67. The van der Waals surface area contributed by atoms with Crippen LogP contribution < -0.4 is 0 Å². The van der Waals surface area contributed by atoms with Crippen molar-refractivity contribution < 1.29 is 0 Å². The number of hydrogen-bond donors (Lipinski definition) is 0. The summed E-state index contributed by atoms with van der Waals surface area (Å²) in [5.41, 5.74) is 1.69. The fraction of sp³-hybridized carbons (Fsp3) is 0.818. The van der Waals surface area contributed by atoms with Crippen LogP contribution in [0.5, 0.6) is 0 Å². The van der Waals surface area contributed by atoms with Crippen LogP contribution in [0.15, 0.2) is 11.8 Å². The first-order chi connectivity index (χ1) is 5.93. The zero-order chi connectivity index (χ0) is 7.97.